The van der Waals surface area contributed by atoms with Gasteiger partial charge in [-0.2, -0.15) is 5.26 Å². The number of halogens is 1. The van der Waals surface area contributed by atoms with Gasteiger partial charge in [0, 0.05) is 10.5 Å². The lowest BCUT2D eigenvalue weighted by Gasteiger charge is -2.32. The molecule has 0 radical (unpaired) electrons. The number of benzene rings is 1. The molecule has 0 atom stereocenters. The van der Waals surface area contributed by atoms with Gasteiger partial charge in [0.25, 0.3) is 0 Å². The first kappa shape index (κ1) is 14.4. The third-order valence-corrected chi connectivity index (χ3v) is 4.67. The average molecular weight is 321 g/mol. The van der Waals surface area contributed by atoms with Crippen molar-refractivity contribution in [3.8, 4) is 6.07 Å². The Hall–Kier alpha value is -1.01. The molecule has 2 rings (SSSR count). The van der Waals surface area contributed by atoms with Crippen molar-refractivity contribution in [2.24, 2.45) is 11.8 Å². The van der Waals surface area contributed by atoms with Gasteiger partial charge in [-0.1, -0.05) is 29.8 Å². The second-order valence-corrected chi connectivity index (χ2v) is 6.72. The Kier molecular flexibility index (Phi) is 4.87. The maximum atomic E-state index is 9.15. The molecule has 19 heavy (non-hydrogen) atoms. The second kappa shape index (κ2) is 6.43. The van der Waals surface area contributed by atoms with Crippen molar-refractivity contribution in [1.29, 1.82) is 5.26 Å². The monoisotopic (exact) mass is 320 g/mol. The highest BCUT2D eigenvalue weighted by molar-refractivity contribution is 9.10. The zero-order valence-electron chi connectivity index (χ0n) is 11.6. The Balaban J connectivity index is 2.00. The Labute approximate surface area is 124 Å². The van der Waals surface area contributed by atoms with Crippen molar-refractivity contribution in [2.75, 3.05) is 5.32 Å². The smallest absolute Gasteiger partial charge is 0.101 e. The van der Waals surface area contributed by atoms with Crippen LogP contribution in [-0.2, 0) is 0 Å². The minimum absolute atomic E-state index is 0.511. The summed E-state index contributed by atoms with van der Waals surface area (Å²) in [6, 6.07) is 8.56. The van der Waals surface area contributed by atoms with Crippen molar-refractivity contribution >= 4 is 21.6 Å². The van der Waals surface area contributed by atoms with Gasteiger partial charge in [0.15, 0.2) is 0 Å². The van der Waals surface area contributed by atoms with Gasteiger partial charge in [0.05, 0.1) is 11.3 Å². The minimum atomic E-state index is 0.511. The summed E-state index contributed by atoms with van der Waals surface area (Å²) in [5, 5.41) is 12.7. The predicted octanol–water partition coefficient (Wildman–Crippen LogP) is 4.95. The number of nitrogens with one attached hydrogen (secondary N) is 1. The van der Waals surface area contributed by atoms with Crippen molar-refractivity contribution < 1.29 is 0 Å². The summed E-state index contributed by atoms with van der Waals surface area (Å²) in [5.41, 5.74) is 1.69. The van der Waals surface area contributed by atoms with E-state index in [2.05, 4.69) is 41.2 Å². The van der Waals surface area contributed by atoms with E-state index in [1.54, 1.807) is 0 Å². The molecule has 0 aromatic heterocycles. The van der Waals surface area contributed by atoms with Crippen LogP contribution in [0.3, 0.4) is 0 Å². The quantitative estimate of drug-likeness (QED) is 0.855. The van der Waals surface area contributed by atoms with E-state index in [1.807, 2.05) is 18.2 Å². The van der Waals surface area contributed by atoms with Gasteiger partial charge in [0.2, 0.25) is 0 Å². The van der Waals surface area contributed by atoms with E-state index in [4.69, 9.17) is 5.26 Å². The molecule has 0 heterocycles. The zero-order chi connectivity index (χ0) is 13.8. The molecule has 1 saturated carbocycles. The lowest BCUT2D eigenvalue weighted by atomic mass is 9.79. The topological polar surface area (TPSA) is 35.8 Å². The Morgan fingerprint density at radius 2 is 1.95 bits per heavy atom. The summed E-state index contributed by atoms with van der Waals surface area (Å²) in [6.07, 6.45) is 5.01. The van der Waals surface area contributed by atoms with E-state index in [1.165, 1.54) is 25.7 Å². The fourth-order valence-corrected chi connectivity index (χ4v) is 3.24. The van der Waals surface area contributed by atoms with Crippen LogP contribution in [0.2, 0.25) is 0 Å². The minimum Gasteiger partial charge on any atom is -0.381 e. The molecular weight excluding hydrogens is 300 g/mol. The summed E-state index contributed by atoms with van der Waals surface area (Å²) in [5.74, 6) is 1.66. The summed E-state index contributed by atoms with van der Waals surface area (Å²) in [4.78, 5) is 0. The van der Waals surface area contributed by atoms with Crippen LogP contribution in [0.4, 0.5) is 5.69 Å². The molecular formula is C16H21BrN2. The SMILES string of the molecule is CC(C)C1CCC(Nc2cc(Br)ccc2C#N)CC1. The highest BCUT2D eigenvalue weighted by Gasteiger charge is 2.23. The predicted molar refractivity (Wildman–Crippen MR) is 83.1 cm³/mol. The molecule has 1 aromatic carbocycles. The summed E-state index contributed by atoms with van der Waals surface area (Å²) < 4.78 is 1.02. The Bertz CT molecular complexity index is 468. The third kappa shape index (κ3) is 3.73. The summed E-state index contributed by atoms with van der Waals surface area (Å²) >= 11 is 3.47. The molecule has 1 aliphatic rings. The van der Waals surface area contributed by atoms with Crippen LogP contribution in [0, 0.1) is 23.2 Å². The van der Waals surface area contributed by atoms with Gasteiger partial charge in [-0.25, -0.2) is 0 Å². The molecule has 0 unspecified atom stereocenters. The average Bonchev–Trinajstić information content (AvgIpc) is 2.39. The largest absolute Gasteiger partial charge is 0.381 e. The standard InChI is InChI=1S/C16H21BrN2/c1-11(2)12-4-7-15(8-5-12)19-16-9-14(17)6-3-13(16)10-18/h3,6,9,11-12,15,19H,4-5,7-8H2,1-2H3. The third-order valence-electron chi connectivity index (χ3n) is 4.18. The Morgan fingerprint density at radius 1 is 1.26 bits per heavy atom. The van der Waals surface area contributed by atoms with E-state index in [0.717, 1.165) is 27.6 Å². The first-order valence-corrected chi connectivity index (χ1v) is 7.85. The normalized spacial score (nSPS) is 23.1. The van der Waals surface area contributed by atoms with E-state index in [0.29, 0.717) is 6.04 Å². The number of nitrogens with zero attached hydrogens (tertiary/aromatic N) is 1. The van der Waals surface area contributed by atoms with Crippen LogP contribution in [0.1, 0.15) is 45.1 Å². The molecule has 0 amide bonds. The number of hydrogen-bond acceptors (Lipinski definition) is 2. The van der Waals surface area contributed by atoms with E-state index in [9.17, 15) is 0 Å². The van der Waals surface area contributed by atoms with E-state index >= 15 is 0 Å². The molecule has 1 aromatic rings. The van der Waals surface area contributed by atoms with Crippen LogP contribution in [0.15, 0.2) is 22.7 Å². The van der Waals surface area contributed by atoms with Crippen LogP contribution < -0.4 is 5.32 Å². The molecule has 0 spiro atoms. The van der Waals surface area contributed by atoms with Gasteiger partial charge < -0.3 is 5.32 Å². The molecule has 3 heteroatoms. The van der Waals surface area contributed by atoms with Crippen LogP contribution in [0.25, 0.3) is 0 Å². The highest BCUT2D eigenvalue weighted by Crippen LogP contribution is 2.32. The van der Waals surface area contributed by atoms with Crippen molar-refractivity contribution in [3.63, 3.8) is 0 Å². The maximum Gasteiger partial charge on any atom is 0.101 e. The summed E-state index contributed by atoms with van der Waals surface area (Å²) in [6.45, 7) is 4.64. The van der Waals surface area contributed by atoms with Gasteiger partial charge in [-0.05, 0) is 55.7 Å². The molecule has 1 fully saturated rings. The Morgan fingerprint density at radius 3 is 2.53 bits per heavy atom. The van der Waals surface area contributed by atoms with E-state index in [-0.39, 0.29) is 0 Å². The lowest BCUT2D eigenvalue weighted by molar-refractivity contribution is 0.267. The molecule has 0 aliphatic heterocycles. The van der Waals surface area contributed by atoms with Gasteiger partial charge >= 0.3 is 0 Å². The first-order chi connectivity index (χ1) is 9.10. The molecule has 1 aliphatic carbocycles. The zero-order valence-corrected chi connectivity index (χ0v) is 13.2. The lowest BCUT2D eigenvalue weighted by Crippen LogP contribution is -2.28. The number of nitriles is 1. The molecule has 2 nitrogen and oxygen atoms in total. The highest BCUT2D eigenvalue weighted by atomic mass is 79.9. The second-order valence-electron chi connectivity index (χ2n) is 5.80. The number of anilines is 1. The first-order valence-electron chi connectivity index (χ1n) is 7.06. The fraction of sp³-hybridized carbons (Fsp3) is 0.562. The van der Waals surface area contributed by atoms with Crippen LogP contribution in [-0.4, -0.2) is 6.04 Å². The fourth-order valence-electron chi connectivity index (χ4n) is 2.88. The van der Waals surface area contributed by atoms with Crippen LogP contribution in [0.5, 0.6) is 0 Å². The van der Waals surface area contributed by atoms with E-state index < -0.39 is 0 Å². The molecule has 102 valence electrons. The van der Waals surface area contributed by atoms with Crippen LogP contribution >= 0.6 is 15.9 Å². The van der Waals surface area contributed by atoms with Crippen molar-refractivity contribution in [2.45, 2.75) is 45.6 Å². The summed E-state index contributed by atoms with van der Waals surface area (Å²) in [7, 11) is 0. The number of rotatable bonds is 3. The maximum absolute atomic E-state index is 9.15. The molecule has 0 bridgehead atoms. The van der Waals surface area contributed by atoms with Gasteiger partial charge in [-0.3, -0.25) is 0 Å². The molecule has 1 N–H and O–H groups in total. The van der Waals surface area contributed by atoms with Gasteiger partial charge in [0.1, 0.15) is 6.07 Å². The number of hydrogen-bond donors (Lipinski definition) is 1. The van der Waals surface area contributed by atoms with Crippen molar-refractivity contribution in [3.05, 3.63) is 28.2 Å². The van der Waals surface area contributed by atoms with Gasteiger partial charge in [-0.15, -0.1) is 0 Å². The molecule has 0 saturated heterocycles. The van der Waals surface area contributed by atoms with Crippen molar-refractivity contribution in [1.82, 2.24) is 0 Å².